The van der Waals surface area contributed by atoms with Crippen LogP contribution in [-0.4, -0.2) is 4.98 Å². The first-order valence-electron chi connectivity index (χ1n) is 6.15. The third-order valence-electron chi connectivity index (χ3n) is 2.85. The maximum absolute atomic E-state index is 4.58. The molecule has 19 heavy (non-hydrogen) atoms. The van der Waals surface area contributed by atoms with Crippen LogP contribution in [0.15, 0.2) is 83.7 Å². The zero-order valence-corrected chi connectivity index (χ0v) is 10.4. The van der Waals surface area contributed by atoms with E-state index in [0.717, 1.165) is 11.0 Å². The molecule has 0 N–H and O–H groups in total. The number of furan rings is 1. The third-order valence-corrected chi connectivity index (χ3v) is 2.85. The maximum atomic E-state index is 4.58. The molecule has 0 aliphatic heterocycles. The molecule has 0 bridgehead atoms. The van der Waals surface area contributed by atoms with Crippen molar-refractivity contribution in [2.45, 2.75) is 0 Å². The molecule has 0 aliphatic rings. The Kier molecular flexibility index (Phi) is 3.24. The fourth-order valence-corrected chi connectivity index (χ4v) is 1.95. The van der Waals surface area contributed by atoms with Crippen molar-refractivity contribution in [1.29, 1.82) is 0 Å². The Bertz CT molecular complexity index is 653. The summed E-state index contributed by atoms with van der Waals surface area (Å²) in [5, 5.41) is 2.40. The average Bonchev–Trinajstić information content (AvgIpc) is 3.04. The van der Waals surface area contributed by atoms with Crippen LogP contribution in [0.3, 0.4) is 0 Å². The summed E-state index contributed by atoms with van der Waals surface area (Å²) < 4.78 is 4.58. The number of fused-ring (bicyclic) bond motifs is 2. The van der Waals surface area contributed by atoms with Gasteiger partial charge in [0.05, 0.1) is 23.6 Å². The fourth-order valence-electron chi connectivity index (χ4n) is 1.95. The quantitative estimate of drug-likeness (QED) is 0.422. The lowest BCUT2D eigenvalue weighted by atomic mass is 10.1. The van der Waals surface area contributed by atoms with Gasteiger partial charge in [-0.3, -0.25) is 0 Å². The van der Waals surface area contributed by atoms with E-state index in [4.69, 9.17) is 0 Å². The van der Waals surface area contributed by atoms with Gasteiger partial charge in [0.2, 0.25) is 0 Å². The minimum atomic E-state index is 1.06. The molecule has 2 aromatic carbocycles. The zero-order chi connectivity index (χ0) is 12.9. The SMILES string of the molecule is c1ccc2nc3ccccc3cc2c1.c1ccoc1. The second kappa shape index (κ2) is 5.36. The molecule has 0 unspecified atom stereocenters. The van der Waals surface area contributed by atoms with Crippen LogP contribution in [0, 0.1) is 0 Å². The van der Waals surface area contributed by atoms with Crippen molar-refractivity contribution in [3.05, 3.63) is 79.3 Å². The van der Waals surface area contributed by atoms with Crippen LogP contribution >= 0.6 is 0 Å². The summed E-state index contributed by atoms with van der Waals surface area (Å²) in [6.07, 6.45) is 3.25. The summed E-state index contributed by atoms with van der Waals surface area (Å²) in [6.45, 7) is 0. The maximum Gasteiger partial charge on any atom is 0.0902 e. The average molecular weight is 247 g/mol. The van der Waals surface area contributed by atoms with Crippen molar-refractivity contribution in [1.82, 2.24) is 4.98 Å². The molecule has 0 spiro atoms. The third kappa shape index (κ3) is 2.63. The van der Waals surface area contributed by atoms with Crippen molar-refractivity contribution in [2.75, 3.05) is 0 Å². The molecule has 0 amide bonds. The van der Waals surface area contributed by atoms with Crippen LogP contribution < -0.4 is 0 Å². The minimum Gasteiger partial charge on any atom is -0.473 e. The van der Waals surface area contributed by atoms with Gasteiger partial charge in [0, 0.05) is 10.8 Å². The highest BCUT2D eigenvalue weighted by atomic mass is 16.3. The smallest absolute Gasteiger partial charge is 0.0902 e. The molecule has 0 radical (unpaired) electrons. The van der Waals surface area contributed by atoms with Gasteiger partial charge in [0.1, 0.15) is 0 Å². The van der Waals surface area contributed by atoms with Crippen LogP contribution in [-0.2, 0) is 0 Å². The number of rotatable bonds is 0. The Balaban J connectivity index is 0.000000187. The van der Waals surface area contributed by atoms with E-state index in [1.807, 2.05) is 48.5 Å². The second-order valence-corrected chi connectivity index (χ2v) is 4.17. The topological polar surface area (TPSA) is 26.0 Å². The standard InChI is InChI=1S/C13H9N.C4H4O/c1-3-7-12-10(5-1)9-11-6-2-4-8-13(11)14-12;1-2-4-5-3-1/h1-9H;1-4H. The summed E-state index contributed by atoms with van der Waals surface area (Å²) in [5.41, 5.74) is 2.12. The molecule has 92 valence electrons. The number of benzene rings is 2. The molecule has 0 saturated heterocycles. The summed E-state index contributed by atoms with van der Waals surface area (Å²) in [4.78, 5) is 4.58. The Morgan fingerprint density at radius 3 is 1.63 bits per heavy atom. The van der Waals surface area contributed by atoms with E-state index in [9.17, 15) is 0 Å². The summed E-state index contributed by atoms with van der Waals surface area (Å²) in [7, 11) is 0. The number of hydrogen-bond donors (Lipinski definition) is 0. The lowest BCUT2D eigenvalue weighted by molar-refractivity contribution is 0.567. The Labute approximate surface area is 111 Å². The van der Waals surface area contributed by atoms with Crippen LogP contribution in [0.1, 0.15) is 0 Å². The molecule has 0 atom stereocenters. The van der Waals surface area contributed by atoms with Crippen molar-refractivity contribution in [2.24, 2.45) is 0 Å². The van der Waals surface area contributed by atoms with Gasteiger partial charge in [-0.1, -0.05) is 36.4 Å². The largest absolute Gasteiger partial charge is 0.473 e. The molecular formula is C17H13NO. The highest BCUT2D eigenvalue weighted by Gasteiger charge is 1.96. The van der Waals surface area contributed by atoms with Gasteiger partial charge in [-0.05, 0) is 30.3 Å². The highest BCUT2D eigenvalue weighted by molar-refractivity contribution is 5.92. The molecule has 0 aliphatic carbocycles. The number of para-hydroxylation sites is 2. The van der Waals surface area contributed by atoms with Gasteiger partial charge in [0.15, 0.2) is 0 Å². The Hall–Kier alpha value is -2.61. The normalized spacial score (nSPS) is 10.1. The Morgan fingerprint density at radius 1 is 0.632 bits per heavy atom. The van der Waals surface area contributed by atoms with Crippen LogP contribution in [0.2, 0.25) is 0 Å². The highest BCUT2D eigenvalue weighted by Crippen LogP contribution is 2.18. The molecule has 2 heterocycles. The number of aromatic nitrogens is 1. The van der Waals surface area contributed by atoms with E-state index in [1.165, 1.54) is 10.8 Å². The minimum absolute atomic E-state index is 1.06. The van der Waals surface area contributed by atoms with E-state index in [0.29, 0.717) is 0 Å². The molecule has 2 nitrogen and oxygen atoms in total. The van der Waals surface area contributed by atoms with Gasteiger partial charge in [-0.2, -0.15) is 0 Å². The van der Waals surface area contributed by atoms with E-state index in [2.05, 4.69) is 27.6 Å². The lowest BCUT2D eigenvalue weighted by Crippen LogP contribution is -1.80. The van der Waals surface area contributed by atoms with Crippen molar-refractivity contribution in [3.63, 3.8) is 0 Å². The van der Waals surface area contributed by atoms with Gasteiger partial charge in [-0.15, -0.1) is 0 Å². The van der Waals surface area contributed by atoms with Crippen molar-refractivity contribution < 1.29 is 4.42 Å². The lowest BCUT2D eigenvalue weighted by Gasteiger charge is -1.99. The monoisotopic (exact) mass is 247 g/mol. The first-order chi connectivity index (χ1) is 9.43. The van der Waals surface area contributed by atoms with Crippen LogP contribution in [0.4, 0.5) is 0 Å². The van der Waals surface area contributed by atoms with E-state index in [-0.39, 0.29) is 0 Å². The molecular weight excluding hydrogens is 234 g/mol. The zero-order valence-electron chi connectivity index (χ0n) is 10.4. The second-order valence-electron chi connectivity index (χ2n) is 4.17. The van der Waals surface area contributed by atoms with Gasteiger partial charge >= 0.3 is 0 Å². The summed E-state index contributed by atoms with van der Waals surface area (Å²) in [5.74, 6) is 0. The van der Waals surface area contributed by atoms with Crippen molar-refractivity contribution in [3.8, 4) is 0 Å². The molecule has 2 aromatic heterocycles. The van der Waals surface area contributed by atoms with E-state index >= 15 is 0 Å². The molecule has 0 saturated carbocycles. The predicted octanol–water partition coefficient (Wildman–Crippen LogP) is 4.67. The summed E-state index contributed by atoms with van der Waals surface area (Å²) in [6, 6.07) is 22.2. The first-order valence-corrected chi connectivity index (χ1v) is 6.15. The Morgan fingerprint density at radius 2 is 1.16 bits per heavy atom. The first kappa shape index (κ1) is 11.5. The number of nitrogens with zero attached hydrogens (tertiary/aromatic N) is 1. The number of pyridine rings is 1. The summed E-state index contributed by atoms with van der Waals surface area (Å²) >= 11 is 0. The molecule has 4 aromatic rings. The van der Waals surface area contributed by atoms with Gasteiger partial charge < -0.3 is 4.42 Å². The van der Waals surface area contributed by atoms with Crippen molar-refractivity contribution >= 4 is 21.8 Å². The van der Waals surface area contributed by atoms with Crippen LogP contribution in [0.25, 0.3) is 21.8 Å². The molecule has 4 rings (SSSR count). The predicted molar refractivity (Wildman–Crippen MR) is 78.0 cm³/mol. The molecule has 0 fully saturated rings. The fraction of sp³-hybridized carbons (Fsp3) is 0. The van der Waals surface area contributed by atoms with Gasteiger partial charge in [0.25, 0.3) is 0 Å². The van der Waals surface area contributed by atoms with E-state index in [1.54, 1.807) is 12.5 Å². The van der Waals surface area contributed by atoms with Gasteiger partial charge in [-0.25, -0.2) is 4.98 Å². The van der Waals surface area contributed by atoms with E-state index < -0.39 is 0 Å². The van der Waals surface area contributed by atoms with Crippen LogP contribution in [0.5, 0.6) is 0 Å². The number of hydrogen-bond acceptors (Lipinski definition) is 2. The molecule has 2 heteroatoms.